The van der Waals surface area contributed by atoms with Gasteiger partial charge in [0.25, 0.3) is 11.6 Å². The molecule has 334 valence electrons. The maximum atomic E-state index is 14.6. The SMILES string of the molecule is NCCCC[C@@H]1NC(=O)[C@H](Cc2c[nH]c3ccccc23)NC(=O)[C@H](Cc2ccccc2)NC(=O)c2cc([N+](=O)[O-])ccc2SC[C@@H](C(=O)O)NC(=O)[C@H](Cc2ccc(O)cc2)NC1=O. The number of carboxylic acids is 1. The van der Waals surface area contributed by atoms with Crippen molar-refractivity contribution in [3.8, 4) is 5.75 Å². The summed E-state index contributed by atoms with van der Waals surface area (Å²) in [6, 6.07) is 18.3. The summed E-state index contributed by atoms with van der Waals surface area (Å²) in [5.74, 6) is -6.01. The Bertz CT molecular complexity index is 2500. The van der Waals surface area contributed by atoms with Crippen molar-refractivity contribution in [3.05, 3.63) is 136 Å². The Morgan fingerprint density at radius 1 is 0.719 bits per heavy atom. The molecule has 5 atom stereocenters. The van der Waals surface area contributed by atoms with E-state index in [9.17, 15) is 49.1 Å². The molecule has 0 aliphatic carbocycles. The van der Waals surface area contributed by atoms with Crippen molar-refractivity contribution in [3.63, 3.8) is 0 Å². The van der Waals surface area contributed by atoms with Gasteiger partial charge in [-0.25, -0.2) is 4.79 Å². The topological polar surface area (TPSA) is 288 Å². The second-order valence-electron chi connectivity index (χ2n) is 15.3. The van der Waals surface area contributed by atoms with E-state index >= 15 is 0 Å². The van der Waals surface area contributed by atoms with Gasteiger partial charge in [0.2, 0.25) is 23.6 Å². The van der Waals surface area contributed by atoms with Crippen LogP contribution in [0.4, 0.5) is 5.69 Å². The predicted octanol–water partition coefficient (Wildman–Crippen LogP) is 2.87. The molecule has 1 aliphatic rings. The van der Waals surface area contributed by atoms with E-state index in [1.54, 1.807) is 36.5 Å². The third kappa shape index (κ3) is 12.2. The summed E-state index contributed by atoms with van der Waals surface area (Å²) in [7, 11) is 0. The third-order valence-electron chi connectivity index (χ3n) is 10.7. The number of carbonyl (C=O) groups is 6. The lowest BCUT2D eigenvalue weighted by atomic mass is 10.0. The molecule has 4 aromatic carbocycles. The molecule has 6 rings (SSSR count). The normalized spacial score (nSPS) is 20.3. The van der Waals surface area contributed by atoms with E-state index in [0.29, 0.717) is 29.5 Å². The van der Waals surface area contributed by atoms with Gasteiger partial charge in [0, 0.05) is 59.1 Å². The molecule has 10 N–H and O–H groups in total. The van der Waals surface area contributed by atoms with Crippen molar-refractivity contribution in [1.29, 1.82) is 0 Å². The number of unbranched alkanes of at least 4 members (excludes halogenated alkanes) is 1. The zero-order chi connectivity index (χ0) is 45.8. The van der Waals surface area contributed by atoms with Crippen LogP contribution in [-0.4, -0.2) is 98.1 Å². The first-order valence-electron chi connectivity index (χ1n) is 20.5. The number of carboxylic acid groups (broad SMARTS) is 1. The van der Waals surface area contributed by atoms with E-state index < -0.39 is 76.3 Å². The largest absolute Gasteiger partial charge is 0.508 e. The lowest BCUT2D eigenvalue weighted by Crippen LogP contribution is -2.59. The Hall–Kier alpha value is -7.25. The molecule has 0 fully saturated rings. The first-order valence-corrected chi connectivity index (χ1v) is 21.5. The molecule has 5 aromatic rings. The minimum atomic E-state index is -1.60. The van der Waals surface area contributed by atoms with Crippen LogP contribution in [0.25, 0.3) is 10.9 Å². The number of hydrogen-bond acceptors (Lipinski definition) is 11. The Balaban J connectivity index is 1.44. The van der Waals surface area contributed by atoms with Crippen molar-refractivity contribution in [2.45, 2.75) is 73.6 Å². The average molecular weight is 893 g/mol. The summed E-state index contributed by atoms with van der Waals surface area (Å²) >= 11 is 0.822. The van der Waals surface area contributed by atoms with Gasteiger partial charge < -0.3 is 47.5 Å². The average Bonchev–Trinajstić information content (AvgIpc) is 3.69. The highest BCUT2D eigenvalue weighted by molar-refractivity contribution is 7.99. The number of phenolic OH excluding ortho intramolecular Hbond substituents is 1. The molecule has 0 saturated carbocycles. The second kappa shape index (κ2) is 21.7. The van der Waals surface area contributed by atoms with Gasteiger partial charge in [-0.3, -0.25) is 34.1 Å². The number of para-hydroxylation sites is 1. The van der Waals surface area contributed by atoms with E-state index in [4.69, 9.17) is 5.73 Å². The highest BCUT2D eigenvalue weighted by Crippen LogP contribution is 2.28. The molecule has 0 saturated heterocycles. The molecule has 0 unspecified atom stereocenters. The van der Waals surface area contributed by atoms with Gasteiger partial charge in [-0.05, 0) is 66.8 Å². The highest BCUT2D eigenvalue weighted by atomic mass is 32.2. The zero-order valence-electron chi connectivity index (χ0n) is 34.5. The number of benzene rings is 4. The maximum Gasteiger partial charge on any atom is 0.327 e. The highest BCUT2D eigenvalue weighted by Gasteiger charge is 2.34. The molecule has 0 radical (unpaired) electrons. The van der Waals surface area contributed by atoms with Gasteiger partial charge in [-0.2, -0.15) is 0 Å². The molecule has 1 aromatic heterocycles. The Labute approximate surface area is 371 Å². The number of nitrogens with zero attached hydrogens (tertiary/aromatic N) is 1. The summed E-state index contributed by atoms with van der Waals surface area (Å²) in [6.07, 6.45) is 2.33. The summed E-state index contributed by atoms with van der Waals surface area (Å²) < 4.78 is 0. The van der Waals surface area contributed by atoms with Crippen molar-refractivity contribution < 1.29 is 43.9 Å². The number of aliphatic carboxylic acids is 1. The Morgan fingerprint density at radius 2 is 1.31 bits per heavy atom. The number of nitrogens with one attached hydrogen (secondary N) is 6. The minimum Gasteiger partial charge on any atom is -0.508 e. The van der Waals surface area contributed by atoms with Gasteiger partial charge in [-0.15, -0.1) is 11.8 Å². The van der Waals surface area contributed by atoms with Crippen molar-refractivity contribution >= 4 is 63.9 Å². The molecule has 64 heavy (non-hydrogen) atoms. The van der Waals surface area contributed by atoms with Gasteiger partial charge in [0.15, 0.2) is 0 Å². The molecule has 19 heteroatoms. The van der Waals surface area contributed by atoms with Crippen LogP contribution in [0, 0.1) is 10.1 Å². The van der Waals surface area contributed by atoms with Gasteiger partial charge in [0.05, 0.1) is 10.5 Å². The number of nitrogens with two attached hydrogens (primary N) is 1. The van der Waals surface area contributed by atoms with Crippen LogP contribution in [0.1, 0.15) is 46.3 Å². The van der Waals surface area contributed by atoms with Crippen molar-refractivity contribution in [2.75, 3.05) is 12.3 Å². The van der Waals surface area contributed by atoms with Crippen LogP contribution in [0.5, 0.6) is 5.75 Å². The summed E-state index contributed by atoms with van der Waals surface area (Å²) in [4.78, 5) is 98.8. The number of aromatic hydroxyl groups is 1. The number of hydrogen-bond donors (Lipinski definition) is 9. The number of amides is 5. The number of H-pyrrole nitrogens is 1. The number of aromatic amines is 1. The molecular weight excluding hydrogens is 845 g/mol. The fraction of sp³-hybridized carbons (Fsp3) is 0.289. The first kappa shape index (κ1) is 46.3. The van der Waals surface area contributed by atoms with E-state index in [1.807, 2.05) is 24.3 Å². The third-order valence-corrected chi connectivity index (χ3v) is 11.8. The molecule has 18 nitrogen and oxygen atoms in total. The summed E-state index contributed by atoms with van der Waals surface area (Å²) in [5.41, 5.74) is 7.62. The van der Waals surface area contributed by atoms with Crippen molar-refractivity contribution in [1.82, 2.24) is 31.6 Å². The van der Waals surface area contributed by atoms with Gasteiger partial charge in [0.1, 0.15) is 36.0 Å². The minimum absolute atomic E-state index is 0.0524. The van der Waals surface area contributed by atoms with Gasteiger partial charge >= 0.3 is 5.97 Å². The molecule has 0 spiro atoms. The monoisotopic (exact) mass is 892 g/mol. The number of nitro groups is 1. The fourth-order valence-corrected chi connectivity index (χ4v) is 8.28. The quantitative estimate of drug-likeness (QED) is 0.0497. The number of fused-ring (bicyclic) bond motifs is 2. The van der Waals surface area contributed by atoms with E-state index in [0.717, 1.165) is 34.8 Å². The zero-order valence-corrected chi connectivity index (χ0v) is 35.3. The number of phenols is 1. The second-order valence-corrected chi connectivity index (χ2v) is 16.3. The standard InChI is InChI=1S/C45H48N8O10S/c46-19-7-6-12-34-41(56)50-36(21-27-13-16-30(54)17-14-27)43(58)52-38(45(60)61)25-64-39-18-15-29(53(62)63)23-32(39)40(55)49-35(20-26-8-2-1-3-9-26)42(57)51-37(44(59)48-34)22-28-24-47-33-11-5-4-10-31(28)33/h1-5,8-11,13-18,23-24,34-38,47,54H,6-7,12,19-22,25,46H2,(H,48,59)(H,49,55)(H,50,56)(H,51,57)(H,52,58)(H,60,61)/t34-,35-,36-,37-,38-/m0/s1. The van der Waals surface area contributed by atoms with Crippen LogP contribution in [0.15, 0.2) is 108 Å². The molecule has 1 aliphatic heterocycles. The molecule has 2 heterocycles. The fourth-order valence-electron chi connectivity index (χ4n) is 7.24. The van der Waals surface area contributed by atoms with E-state index in [-0.39, 0.29) is 54.2 Å². The lowest BCUT2D eigenvalue weighted by Gasteiger charge is -2.27. The summed E-state index contributed by atoms with van der Waals surface area (Å²) in [5, 5.41) is 46.3. The van der Waals surface area contributed by atoms with Crippen LogP contribution < -0.4 is 32.3 Å². The smallest absolute Gasteiger partial charge is 0.327 e. The number of thioether (sulfide) groups is 1. The molecule has 5 amide bonds. The van der Waals surface area contributed by atoms with Crippen molar-refractivity contribution in [2.24, 2.45) is 5.73 Å². The first-order chi connectivity index (χ1) is 30.8. The lowest BCUT2D eigenvalue weighted by molar-refractivity contribution is -0.384. The van der Waals surface area contributed by atoms with Crippen LogP contribution in [0.2, 0.25) is 0 Å². The predicted molar refractivity (Wildman–Crippen MR) is 237 cm³/mol. The Morgan fingerprint density at radius 3 is 1.98 bits per heavy atom. The Kier molecular flexibility index (Phi) is 15.7. The number of nitro benzene ring substituents is 1. The van der Waals surface area contributed by atoms with E-state index in [1.165, 1.54) is 30.3 Å². The number of rotatable bonds is 12. The number of non-ortho nitro benzene ring substituents is 1. The molecular formula is C45H48N8O10S. The van der Waals surface area contributed by atoms with Crippen LogP contribution in [0.3, 0.4) is 0 Å². The number of aromatic nitrogens is 1. The number of carbonyl (C=O) groups excluding carboxylic acids is 5. The maximum absolute atomic E-state index is 14.6. The van der Waals surface area contributed by atoms with E-state index in [2.05, 4.69) is 31.6 Å². The van der Waals surface area contributed by atoms with Crippen LogP contribution >= 0.6 is 11.8 Å². The van der Waals surface area contributed by atoms with Crippen LogP contribution in [-0.2, 0) is 43.2 Å². The van der Waals surface area contributed by atoms with Gasteiger partial charge in [-0.1, -0.05) is 60.7 Å². The molecule has 0 bridgehead atoms. The summed E-state index contributed by atoms with van der Waals surface area (Å²) in [6.45, 7) is 0.285.